The lowest BCUT2D eigenvalue weighted by Crippen LogP contribution is -1.99. The lowest BCUT2D eigenvalue weighted by Gasteiger charge is -2.08. The van der Waals surface area contributed by atoms with Gasteiger partial charge in [0, 0.05) is 11.1 Å². The number of hydrogen-bond donors (Lipinski definition) is 2. The first-order valence-electron chi connectivity index (χ1n) is 7.96. The summed E-state index contributed by atoms with van der Waals surface area (Å²) in [6.07, 6.45) is 2.89. The molecule has 6 nitrogen and oxygen atoms in total. The van der Waals surface area contributed by atoms with E-state index in [-0.39, 0.29) is 9.81 Å². The zero-order valence-corrected chi connectivity index (χ0v) is 16.8. The second-order valence-corrected chi connectivity index (χ2v) is 7.49. The lowest BCUT2D eigenvalue weighted by molar-refractivity contribution is -0.132. The maximum absolute atomic E-state index is 11.6. The van der Waals surface area contributed by atoms with Crippen molar-refractivity contribution in [3.05, 3.63) is 69.5 Å². The van der Waals surface area contributed by atoms with Crippen LogP contribution in [0.15, 0.2) is 58.3 Å². The predicted molar refractivity (Wildman–Crippen MR) is 112 cm³/mol. The fraction of sp³-hybridized carbons (Fsp3) is 0.100. The van der Waals surface area contributed by atoms with E-state index in [4.69, 9.17) is 9.47 Å². The molecule has 0 spiro atoms. The Hall–Kier alpha value is -2.84. The van der Waals surface area contributed by atoms with Crippen molar-refractivity contribution >= 4 is 45.7 Å². The molecule has 2 rings (SSSR count). The van der Waals surface area contributed by atoms with Gasteiger partial charge in [-0.15, -0.1) is 0 Å². The van der Waals surface area contributed by atoms with Gasteiger partial charge < -0.3 is 19.7 Å². The van der Waals surface area contributed by atoms with Gasteiger partial charge in [-0.25, -0.2) is 9.59 Å². The van der Waals surface area contributed by atoms with E-state index in [2.05, 4.69) is 0 Å². The van der Waals surface area contributed by atoms with Gasteiger partial charge in [-0.3, -0.25) is 0 Å². The molecular weight excluding hydrogens is 400 g/mol. The van der Waals surface area contributed by atoms with Crippen molar-refractivity contribution in [1.82, 2.24) is 0 Å². The van der Waals surface area contributed by atoms with Crippen molar-refractivity contribution in [2.24, 2.45) is 0 Å². The van der Waals surface area contributed by atoms with Gasteiger partial charge in [0.15, 0.2) is 0 Å². The van der Waals surface area contributed by atoms with Gasteiger partial charge in [-0.05, 0) is 45.9 Å². The molecule has 0 bridgehead atoms. The molecular formula is C20H18O6S2. The lowest BCUT2D eigenvalue weighted by atomic mass is 10.2. The molecule has 0 aromatic heterocycles. The summed E-state index contributed by atoms with van der Waals surface area (Å²) in [6.45, 7) is 0. The van der Waals surface area contributed by atoms with Gasteiger partial charge in [-0.1, -0.05) is 36.4 Å². The van der Waals surface area contributed by atoms with Crippen LogP contribution in [-0.4, -0.2) is 36.4 Å². The Morgan fingerprint density at radius 1 is 0.750 bits per heavy atom. The number of carbonyl (C=O) groups is 2. The fourth-order valence-electron chi connectivity index (χ4n) is 2.19. The summed E-state index contributed by atoms with van der Waals surface area (Å²) in [5, 5.41) is 19.0. The molecule has 0 aliphatic rings. The van der Waals surface area contributed by atoms with Crippen molar-refractivity contribution in [3.63, 3.8) is 0 Å². The van der Waals surface area contributed by atoms with Gasteiger partial charge in [0.2, 0.25) is 0 Å². The first-order chi connectivity index (χ1) is 13.5. The summed E-state index contributed by atoms with van der Waals surface area (Å²) in [5.41, 5.74) is 1.17. The molecule has 2 aromatic carbocycles. The number of aliphatic carboxylic acids is 2. The summed E-state index contributed by atoms with van der Waals surface area (Å²) >= 11 is 0. The van der Waals surface area contributed by atoms with Crippen molar-refractivity contribution in [1.29, 1.82) is 0 Å². The molecule has 2 N–H and O–H groups in total. The molecule has 0 fully saturated rings. The highest BCUT2D eigenvalue weighted by atomic mass is 33.1. The number of para-hydroxylation sites is 2. The molecule has 0 saturated heterocycles. The number of carboxylic acid groups (broad SMARTS) is 2. The van der Waals surface area contributed by atoms with Crippen LogP contribution < -0.4 is 9.47 Å². The molecule has 0 aliphatic heterocycles. The maximum Gasteiger partial charge on any atom is 0.343 e. The predicted octanol–water partition coefficient (Wildman–Crippen LogP) is 4.64. The molecule has 0 unspecified atom stereocenters. The minimum atomic E-state index is -1.16. The van der Waals surface area contributed by atoms with Crippen molar-refractivity contribution < 1.29 is 29.3 Å². The normalized spacial score (nSPS) is 11.8. The average molecular weight is 418 g/mol. The SMILES string of the molecule is COc1ccccc1/C=C(\SS/C(=C/c1ccccc1OC)C(=O)O)C(=O)O. The highest BCUT2D eigenvalue weighted by Crippen LogP contribution is 2.39. The fourth-order valence-corrected chi connectivity index (χ4v) is 4.11. The second kappa shape index (κ2) is 10.5. The third-order valence-corrected chi connectivity index (χ3v) is 5.85. The number of hydrogen-bond acceptors (Lipinski definition) is 6. The van der Waals surface area contributed by atoms with Crippen LogP contribution in [0, 0.1) is 0 Å². The third-order valence-electron chi connectivity index (χ3n) is 3.49. The topological polar surface area (TPSA) is 93.1 Å². The Balaban J connectivity index is 2.29. The highest BCUT2D eigenvalue weighted by Gasteiger charge is 2.16. The number of benzene rings is 2. The quantitative estimate of drug-likeness (QED) is 0.449. The first kappa shape index (κ1) is 21.5. The Labute approximate surface area is 170 Å². The molecule has 2 aromatic rings. The summed E-state index contributed by atoms with van der Waals surface area (Å²) < 4.78 is 10.4. The smallest absolute Gasteiger partial charge is 0.343 e. The Bertz CT molecular complexity index is 845. The monoisotopic (exact) mass is 418 g/mol. The molecule has 0 radical (unpaired) electrons. The average Bonchev–Trinajstić information content (AvgIpc) is 2.70. The maximum atomic E-state index is 11.6. The summed E-state index contributed by atoms with van der Waals surface area (Å²) in [6, 6.07) is 13.9. The van der Waals surface area contributed by atoms with E-state index < -0.39 is 11.9 Å². The first-order valence-corrected chi connectivity index (χ1v) is 10.1. The van der Waals surface area contributed by atoms with Crippen LogP contribution in [0.5, 0.6) is 11.5 Å². The molecule has 0 heterocycles. The third kappa shape index (κ3) is 5.83. The van der Waals surface area contributed by atoms with E-state index in [0.717, 1.165) is 21.6 Å². The molecule has 0 aliphatic carbocycles. The Morgan fingerprint density at radius 2 is 1.11 bits per heavy atom. The second-order valence-electron chi connectivity index (χ2n) is 5.28. The van der Waals surface area contributed by atoms with Crippen LogP contribution >= 0.6 is 21.6 Å². The van der Waals surface area contributed by atoms with E-state index in [1.165, 1.54) is 26.4 Å². The summed E-state index contributed by atoms with van der Waals surface area (Å²) in [5.74, 6) is -1.28. The van der Waals surface area contributed by atoms with E-state index in [1.54, 1.807) is 48.5 Å². The largest absolute Gasteiger partial charge is 0.496 e. The van der Waals surface area contributed by atoms with Crippen LogP contribution in [0.4, 0.5) is 0 Å². The van der Waals surface area contributed by atoms with E-state index in [9.17, 15) is 19.8 Å². The minimum absolute atomic E-state index is 0.0262. The molecule has 28 heavy (non-hydrogen) atoms. The summed E-state index contributed by atoms with van der Waals surface area (Å²) in [7, 11) is 4.68. The number of methoxy groups -OCH3 is 2. The van der Waals surface area contributed by atoms with Crippen molar-refractivity contribution in [2.45, 2.75) is 0 Å². The van der Waals surface area contributed by atoms with Crippen molar-refractivity contribution in [3.8, 4) is 11.5 Å². The molecule has 0 atom stereocenters. The number of carboxylic acids is 2. The van der Waals surface area contributed by atoms with Gasteiger partial charge in [-0.2, -0.15) is 0 Å². The Morgan fingerprint density at radius 3 is 1.43 bits per heavy atom. The molecule has 8 heteroatoms. The van der Waals surface area contributed by atoms with Crippen LogP contribution in [-0.2, 0) is 9.59 Å². The molecule has 146 valence electrons. The van der Waals surface area contributed by atoms with Gasteiger partial charge in [0.1, 0.15) is 21.3 Å². The zero-order chi connectivity index (χ0) is 20.5. The van der Waals surface area contributed by atoms with E-state index >= 15 is 0 Å². The zero-order valence-electron chi connectivity index (χ0n) is 15.1. The van der Waals surface area contributed by atoms with E-state index in [1.807, 2.05) is 0 Å². The van der Waals surface area contributed by atoms with Gasteiger partial charge in [0.05, 0.1) is 14.2 Å². The highest BCUT2D eigenvalue weighted by molar-refractivity contribution is 8.80. The molecule has 0 saturated carbocycles. The van der Waals surface area contributed by atoms with E-state index in [0.29, 0.717) is 22.6 Å². The number of rotatable bonds is 9. The standard InChI is InChI=1S/C20H18O6S2/c1-25-15-9-5-3-7-13(15)11-17(19(21)22)27-28-18(20(23)24)12-14-8-4-6-10-16(14)26-2/h3-12H,1-2H3,(H,21,22)(H,23,24)/b17-11-,18-12+. The molecule has 0 amide bonds. The van der Waals surface area contributed by atoms with Crippen LogP contribution in [0.2, 0.25) is 0 Å². The van der Waals surface area contributed by atoms with Crippen molar-refractivity contribution in [2.75, 3.05) is 14.2 Å². The Kier molecular flexibility index (Phi) is 8.03. The van der Waals surface area contributed by atoms with Crippen LogP contribution in [0.1, 0.15) is 11.1 Å². The number of ether oxygens (including phenoxy) is 2. The summed E-state index contributed by atoms with van der Waals surface area (Å²) in [4.78, 5) is 23.2. The van der Waals surface area contributed by atoms with Crippen LogP contribution in [0.25, 0.3) is 12.2 Å². The van der Waals surface area contributed by atoms with Gasteiger partial charge in [0.25, 0.3) is 0 Å². The minimum Gasteiger partial charge on any atom is -0.496 e. The van der Waals surface area contributed by atoms with Crippen LogP contribution in [0.3, 0.4) is 0 Å². The van der Waals surface area contributed by atoms with Gasteiger partial charge >= 0.3 is 11.9 Å².